The highest BCUT2D eigenvalue weighted by Crippen LogP contribution is 2.24. The predicted molar refractivity (Wildman–Crippen MR) is 53.0 cm³/mol. The van der Waals surface area contributed by atoms with E-state index in [-0.39, 0.29) is 5.75 Å². The molecule has 1 atom stereocenters. The summed E-state index contributed by atoms with van der Waals surface area (Å²) in [7, 11) is 2.92. The van der Waals surface area contributed by atoms with Crippen LogP contribution in [0.1, 0.15) is 0 Å². The molecule has 0 aromatic carbocycles. The lowest BCUT2D eigenvalue weighted by Gasteiger charge is -2.10. The van der Waals surface area contributed by atoms with Crippen LogP contribution in [-0.2, 0) is 11.3 Å². The average molecular weight is 223 g/mol. The van der Waals surface area contributed by atoms with E-state index in [4.69, 9.17) is 10.8 Å². The Labute approximate surface area is 83.2 Å². The molecule has 13 heavy (non-hydrogen) atoms. The van der Waals surface area contributed by atoms with E-state index in [1.807, 2.05) is 0 Å². The van der Waals surface area contributed by atoms with Gasteiger partial charge in [-0.3, -0.25) is 4.21 Å². The van der Waals surface area contributed by atoms with Gasteiger partial charge in [0.15, 0.2) is 0 Å². The van der Waals surface area contributed by atoms with E-state index >= 15 is 0 Å². The van der Waals surface area contributed by atoms with Crippen molar-refractivity contribution >= 4 is 27.6 Å². The Morgan fingerprint density at radius 1 is 1.69 bits per heavy atom. The summed E-state index contributed by atoms with van der Waals surface area (Å²) >= 11 is -0.702. The lowest BCUT2D eigenvalue weighted by atomic mass is 10.6. The minimum absolute atomic E-state index is 0.185. The van der Waals surface area contributed by atoms with E-state index in [2.05, 4.69) is 0 Å². The van der Waals surface area contributed by atoms with Crippen LogP contribution in [0.2, 0.25) is 0 Å². The van der Waals surface area contributed by atoms with Gasteiger partial charge in [-0.25, -0.2) is 4.31 Å². The summed E-state index contributed by atoms with van der Waals surface area (Å²) in [5.41, 5.74) is 5.21. The summed E-state index contributed by atoms with van der Waals surface area (Å²) in [5.74, 6) is 0.185. The molecule has 1 rings (SSSR count). The summed E-state index contributed by atoms with van der Waals surface area (Å²) in [5, 5.41) is 10.9. The zero-order chi connectivity index (χ0) is 10.4. The van der Waals surface area contributed by atoms with Crippen LogP contribution in [0.5, 0.6) is 5.75 Å². The summed E-state index contributed by atoms with van der Waals surface area (Å²) in [4.78, 5) is 0. The van der Waals surface area contributed by atoms with Gasteiger partial charge in [0.05, 0.1) is 0 Å². The second kappa shape index (κ2) is 5.92. The largest absolute Gasteiger partial charge is 0.760 e. The topological polar surface area (TPSA) is 89.6 Å². The normalized spacial score (nSPS) is 12.0. The minimum atomic E-state index is -2.03. The quantitative estimate of drug-likeness (QED) is 0.673. The molecule has 0 spiro atoms. The molecule has 0 aliphatic heterocycles. The molecule has 0 aliphatic rings. The van der Waals surface area contributed by atoms with E-state index in [9.17, 15) is 8.76 Å². The van der Waals surface area contributed by atoms with Crippen molar-refractivity contribution in [1.82, 2.24) is 4.31 Å². The highest BCUT2D eigenvalue weighted by Gasteiger charge is 1.91. The van der Waals surface area contributed by atoms with Crippen LogP contribution in [0.4, 0.5) is 5.00 Å². The molecule has 1 unspecified atom stereocenters. The number of anilines is 1. The van der Waals surface area contributed by atoms with Crippen molar-refractivity contribution in [2.24, 2.45) is 0 Å². The smallest absolute Gasteiger partial charge is 0.149 e. The Morgan fingerprint density at radius 2 is 2.15 bits per heavy atom. The predicted octanol–water partition coefficient (Wildman–Crippen LogP) is 0.378. The molecule has 0 fully saturated rings. The van der Waals surface area contributed by atoms with E-state index < -0.39 is 11.3 Å². The van der Waals surface area contributed by atoms with Gasteiger partial charge < -0.3 is 15.4 Å². The number of hydrogen-bond donors (Lipinski definition) is 2. The SMILES string of the molecule is CN(C)S(=O)[O-].Nc1sccc1O. The molecule has 1 aromatic rings. The van der Waals surface area contributed by atoms with Crippen molar-refractivity contribution < 1.29 is 13.9 Å². The van der Waals surface area contributed by atoms with Crippen molar-refractivity contribution in [1.29, 1.82) is 0 Å². The van der Waals surface area contributed by atoms with E-state index in [1.54, 1.807) is 11.4 Å². The molecule has 0 aliphatic carbocycles. The highest BCUT2D eigenvalue weighted by molar-refractivity contribution is 7.76. The van der Waals surface area contributed by atoms with Crippen molar-refractivity contribution in [3.63, 3.8) is 0 Å². The van der Waals surface area contributed by atoms with Crippen LogP contribution in [0.3, 0.4) is 0 Å². The molecule has 0 saturated carbocycles. The highest BCUT2D eigenvalue weighted by atomic mass is 32.2. The van der Waals surface area contributed by atoms with E-state index in [0.717, 1.165) is 4.31 Å². The van der Waals surface area contributed by atoms with Crippen molar-refractivity contribution in [2.75, 3.05) is 19.8 Å². The molecule has 76 valence electrons. The van der Waals surface area contributed by atoms with Crippen LogP contribution >= 0.6 is 11.3 Å². The van der Waals surface area contributed by atoms with Crippen molar-refractivity contribution in [3.05, 3.63) is 11.4 Å². The van der Waals surface area contributed by atoms with Gasteiger partial charge in [0.25, 0.3) is 0 Å². The van der Waals surface area contributed by atoms with Gasteiger partial charge in [-0.15, -0.1) is 11.3 Å². The lowest BCUT2D eigenvalue weighted by molar-refractivity contribution is 0.470. The Kier molecular flexibility index (Phi) is 5.63. The standard InChI is InChI=1S/C4H5NOS.C2H7NO2S/c5-4-3(6)1-2-7-4;1-3(2)6(4)5/h1-2,6H,5H2;1-2H3,(H,4,5)/p-1. The fraction of sp³-hybridized carbons (Fsp3) is 0.333. The van der Waals surface area contributed by atoms with Crippen LogP contribution in [0.25, 0.3) is 0 Å². The third-order valence-corrected chi connectivity index (χ3v) is 2.30. The molecule has 5 nitrogen and oxygen atoms in total. The first-order valence-electron chi connectivity index (χ1n) is 3.23. The molecule has 1 heterocycles. The van der Waals surface area contributed by atoms with Gasteiger partial charge in [0, 0.05) is 11.3 Å². The molecule has 0 bridgehead atoms. The summed E-state index contributed by atoms with van der Waals surface area (Å²) < 4.78 is 20.3. The van der Waals surface area contributed by atoms with Crippen LogP contribution in [0.15, 0.2) is 11.4 Å². The maximum Gasteiger partial charge on any atom is 0.149 e. The molecule has 0 amide bonds. The maximum atomic E-state index is 9.62. The number of nitrogens with zero attached hydrogens (tertiary/aromatic N) is 1. The minimum Gasteiger partial charge on any atom is -0.760 e. The summed E-state index contributed by atoms with van der Waals surface area (Å²) in [6.07, 6.45) is 0. The number of aromatic hydroxyl groups is 1. The fourth-order valence-electron chi connectivity index (χ4n) is 0.314. The Bertz CT molecular complexity index is 258. The first-order chi connectivity index (χ1) is 5.95. The van der Waals surface area contributed by atoms with Crippen molar-refractivity contribution in [3.8, 4) is 5.75 Å². The maximum absolute atomic E-state index is 9.62. The van der Waals surface area contributed by atoms with Gasteiger partial charge >= 0.3 is 0 Å². The van der Waals surface area contributed by atoms with Crippen LogP contribution < -0.4 is 5.73 Å². The fourth-order valence-corrected chi connectivity index (χ4v) is 0.847. The molecule has 1 aromatic heterocycles. The molecular weight excluding hydrogens is 212 g/mol. The zero-order valence-corrected chi connectivity index (χ0v) is 8.89. The Balaban J connectivity index is 0.000000226. The number of nitrogens with two attached hydrogens (primary N) is 1. The summed E-state index contributed by atoms with van der Waals surface area (Å²) in [6.45, 7) is 0. The second-order valence-corrected chi connectivity index (χ2v) is 4.31. The third kappa shape index (κ3) is 5.58. The average Bonchev–Trinajstić information content (AvgIpc) is 2.37. The Morgan fingerprint density at radius 3 is 2.23 bits per heavy atom. The van der Waals surface area contributed by atoms with Gasteiger partial charge in [-0.05, 0) is 25.5 Å². The van der Waals surface area contributed by atoms with Gasteiger partial charge in [0.1, 0.15) is 10.8 Å². The van der Waals surface area contributed by atoms with Crippen molar-refractivity contribution in [2.45, 2.75) is 0 Å². The monoisotopic (exact) mass is 223 g/mol. The lowest BCUT2D eigenvalue weighted by Crippen LogP contribution is -2.13. The van der Waals surface area contributed by atoms with Gasteiger partial charge in [-0.2, -0.15) is 0 Å². The first-order valence-corrected chi connectivity index (χ1v) is 5.15. The number of rotatable bonds is 1. The van der Waals surface area contributed by atoms with Gasteiger partial charge in [-0.1, -0.05) is 0 Å². The molecular formula is C6H11N2O3S2-. The molecule has 7 heteroatoms. The molecule has 3 N–H and O–H groups in total. The zero-order valence-electron chi connectivity index (χ0n) is 7.26. The number of hydrogen-bond acceptors (Lipinski definition) is 5. The van der Waals surface area contributed by atoms with Crippen LogP contribution in [0, 0.1) is 0 Å². The van der Waals surface area contributed by atoms with E-state index in [0.29, 0.717) is 5.00 Å². The number of thiophene rings is 1. The Hall–Kier alpha value is -0.630. The molecule has 0 saturated heterocycles. The van der Waals surface area contributed by atoms with E-state index in [1.165, 1.54) is 25.4 Å². The molecule has 0 radical (unpaired) electrons. The third-order valence-electron chi connectivity index (χ3n) is 0.972. The second-order valence-electron chi connectivity index (χ2n) is 2.20. The van der Waals surface area contributed by atoms with Gasteiger partial charge in [0.2, 0.25) is 0 Å². The first kappa shape index (κ1) is 12.4. The van der Waals surface area contributed by atoms with Crippen LogP contribution in [-0.4, -0.2) is 32.3 Å². The summed E-state index contributed by atoms with van der Waals surface area (Å²) in [6, 6.07) is 1.57. The number of nitrogen functional groups attached to an aromatic ring is 1.